The van der Waals surface area contributed by atoms with Crippen molar-refractivity contribution in [1.29, 1.82) is 0 Å². The zero-order valence-electron chi connectivity index (χ0n) is 17.2. The summed E-state index contributed by atoms with van der Waals surface area (Å²) in [5.74, 6) is 1.55. The van der Waals surface area contributed by atoms with Gasteiger partial charge >= 0.3 is 0 Å². The number of rotatable bonds is 9. The van der Waals surface area contributed by atoms with Gasteiger partial charge in [0, 0.05) is 18.7 Å². The van der Waals surface area contributed by atoms with Crippen LogP contribution in [0.2, 0.25) is 0 Å². The van der Waals surface area contributed by atoms with Crippen LogP contribution in [0, 0.1) is 5.92 Å². The largest absolute Gasteiger partial charge is 0.493 e. The molecule has 4 nitrogen and oxygen atoms in total. The van der Waals surface area contributed by atoms with Crippen molar-refractivity contribution >= 4 is 5.91 Å². The normalized spacial score (nSPS) is 17.1. The average Bonchev–Trinajstić information content (AvgIpc) is 3.59. The summed E-state index contributed by atoms with van der Waals surface area (Å²) in [5, 5.41) is 3.02. The minimum absolute atomic E-state index is 0.0274. The number of hydrogen-bond donors (Lipinski definition) is 1. The third-order valence-corrected chi connectivity index (χ3v) is 5.88. The maximum absolute atomic E-state index is 12.3. The molecule has 154 valence electrons. The van der Waals surface area contributed by atoms with Gasteiger partial charge in [0.15, 0.2) is 0 Å². The molecule has 0 radical (unpaired) electrons. The van der Waals surface area contributed by atoms with Crippen molar-refractivity contribution in [2.75, 3.05) is 26.2 Å². The molecule has 4 heteroatoms. The van der Waals surface area contributed by atoms with E-state index < -0.39 is 0 Å². The average molecular weight is 393 g/mol. The Kier molecular flexibility index (Phi) is 6.83. The molecule has 29 heavy (non-hydrogen) atoms. The van der Waals surface area contributed by atoms with Crippen LogP contribution in [0.5, 0.6) is 5.75 Å². The minimum atomic E-state index is -0.0274. The number of benzene rings is 2. The predicted octanol–water partition coefficient (Wildman–Crippen LogP) is 4.43. The third-order valence-electron chi connectivity index (χ3n) is 5.88. The first kappa shape index (κ1) is 20.0. The highest BCUT2D eigenvalue weighted by molar-refractivity contribution is 5.94. The number of likely N-dealkylation sites (tertiary alicyclic amines) is 1. The lowest BCUT2D eigenvalue weighted by Gasteiger charge is -2.26. The van der Waals surface area contributed by atoms with E-state index in [1.807, 2.05) is 24.3 Å². The van der Waals surface area contributed by atoms with E-state index in [4.69, 9.17) is 4.74 Å². The molecule has 0 bridgehead atoms. The Hall–Kier alpha value is -2.33. The van der Waals surface area contributed by atoms with Crippen molar-refractivity contribution in [2.45, 2.75) is 45.1 Å². The first-order valence-corrected chi connectivity index (χ1v) is 11.1. The number of carbonyl (C=O) groups is 1. The topological polar surface area (TPSA) is 41.6 Å². The van der Waals surface area contributed by atoms with Gasteiger partial charge in [0.05, 0.1) is 6.61 Å². The monoisotopic (exact) mass is 392 g/mol. The van der Waals surface area contributed by atoms with E-state index in [1.54, 1.807) is 0 Å². The van der Waals surface area contributed by atoms with Crippen molar-refractivity contribution in [3.63, 3.8) is 0 Å². The van der Waals surface area contributed by atoms with Crippen LogP contribution in [0.4, 0.5) is 0 Å². The van der Waals surface area contributed by atoms with Gasteiger partial charge in [0.2, 0.25) is 0 Å². The molecule has 1 amide bonds. The van der Waals surface area contributed by atoms with Crippen LogP contribution in [-0.2, 0) is 13.0 Å². The van der Waals surface area contributed by atoms with Crippen molar-refractivity contribution in [3.8, 4) is 5.75 Å². The van der Waals surface area contributed by atoms with E-state index in [9.17, 15) is 4.79 Å². The lowest BCUT2D eigenvalue weighted by atomic mass is 10.1. The van der Waals surface area contributed by atoms with E-state index in [-0.39, 0.29) is 5.91 Å². The Morgan fingerprint density at radius 1 is 0.931 bits per heavy atom. The van der Waals surface area contributed by atoms with Gasteiger partial charge in [-0.15, -0.1) is 0 Å². The van der Waals surface area contributed by atoms with Gasteiger partial charge < -0.3 is 10.1 Å². The Labute approximate surface area is 174 Å². The van der Waals surface area contributed by atoms with Crippen LogP contribution in [0.25, 0.3) is 0 Å². The first-order valence-electron chi connectivity index (χ1n) is 11.1. The molecular formula is C25H32N2O2. The van der Waals surface area contributed by atoms with Gasteiger partial charge in [-0.25, -0.2) is 0 Å². The highest BCUT2D eigenvalue weighted by Crippen LogP contribution is 2.29. The molecule has 2 fully saturated rings. The summed E-state index contributed by atoms with van der Waals surface area (Å²) in [6, 6.07) is 16.3. The van der Waals surface area contributed by atoms with Gasteiger partial charge in [-0.1, -0.05) is 30.7 Å². The summed E-state index contributed by atoms with van der Waals surface area (Å²) >= 11 is 0. The standard InChI is InChI=1S/C25H32N2O2/c28-25(23-10-12-24(13-11-23)29-19-22-8-9-22)26-15-14-20-4-6-21(7-5-20)18-27-16-2-1-3-17-27/h4-7,10-13,22H,1-3,8-9,14-19H2,(H,26,28). The highest BCUT2D eigenvalue weighted by atomic mass is 16.5. The zero-order chi connectivity index (χ0) is 19.9. The molecule has 2 aromatic carbocycles. The van der Waals surface area contributed by atoms with E-state index in [1.165, 1.54) is 56.3 Å². The fourth-order valence-electron chi connectivity index (χ4n) is 3.81. The van der Waals surface area contributed by atoms with Gasteiger partial charge in [-0.3, -0.25) is 9.69 Å². The van der Waals surface area contributed by atoms with Crippen molar-refractivity contribution in [3.05, 3.63) is 65.2 Å². The third kappa shape index (κ3) is 6.33. The van der Waals surface area contributed by atoms with E-state index in [0.29, 0.717) is 12.1 Å². The molecule has 0 spiro atoms. The molecular weight excluding hydrogens is 360 g/mol. The van der Waals surface area contributed by atoms with Crippen LogP contribution >= 0.6 is 0 Å². The number of ether oxygens (including phenoxy) is 1. The molecule has 0 atom stereocenters. The van der Waals surface area contributed by atoms with E-state index in [0.717, 1.165) is 31.2 Å². The number of carbonyl (C=O) groups excluding carboxylic acids is 1. The summed E-state index contributed by atoms with van der Waals surface area (Å²) in [6.07, 6.45) is 7.43. The Morgan fingerprint density at radius 3 is 2.31 bits per heavy atom. The van der Waals surface area contributed by atoms with Gasteiger partial charge in [-0.2, -0.15) is 0 Å². The van der Waals surface area contributed by atoms with Gasteiger partial charge in [-0.05, 0) is 86.5 Å². The van der Waals surface area contributed by atoms with E-state index >= 15 is 0 Å². The fourth-order valence-corrected chi connectivity index (χ4v) is 3.81. The van der Waals surface area contributed by atoms with Gasteiger partial charge in [0.1, 0.15) is 5.75 Å². The minimum Gasteiger partial charge on any atom is -0.493 e. The molecule has 1 aliphatic heterocycles. The first-order chi connectivity index (χ1) is 14.3. The zero-order valence-corrected chi connectivity index (χ0v) is 17.2. The maximum atomic E-state index is 12.3. The van der Waals surface area contributed by atoms with Gasteiger partial charge in [0.25, 0.3) is 5.91 Å². The second kappa shape index (κ2) is 9.93. The fraction of sp³-hybridized carbons (Fsp3) is 0.480. The summed E-state index contributed by atoms with van der Waals surface area (Å²) in [4.78, 5) is 14.9. The SMILES string of the molecule is O=C(NCCc1ccc(CN2CCCCC2)cc1)c1ccc(OCC2CC2)cc1. The molecule has 1 heterocycles. The van der Waals surface area contributed by atoms with E-state index in [2.05, 4.69) is 34.5 Å². The molecule has 2 aromatic rings. The second-order valence-electron chi connectivity index (χ2n) is 8.44. The Bertz CT molecular complexity index is 775. The molecule has 4 rings (SSSR count). The Balaban J connectivity index is 1.18. The van der Waals surface area contributed by atoms with Crippen LogP contribution in [0.3, 0.4) is 0 Å². The van der Waals surface area contributed by atoms with Crippen molar-refractivity contribution < 1.29 is 9.53 Å². The van der Waals surface area contributed by atoms with Crippen LogP contribution < -0.4 is 10.1 Å². The number of nitrogens with one attached hydrogen (secondary N) is 1. The Morgan fingerprint density at radius 2 is 1.62 bits per heavy atom. The number of amides is 1. The van der Waals surface area contributed by atoms with Crippen molar-refractivity contribution in [2.24, 2.45) is 5.92 Å². The quantitative estimate of drug-likeness (QED) is 0.686. The number of piperidine rings is 1. The highest BCUT2D eigenvalue weighted by Gasteiger charge is 2.21. The van der Waals surface area contributed by atoms with Crippen molar-refractivity contribution in [1.82, 2.24) is 10.2 Å². The summed E-state index contributed by atoms with van der Waals surface area (Å²) in [5.41, 5.74) is 3.32. The molecule has 1 saturated carbocycles. The van der Waals surface area contributed by atoms with Crippen LogP contribution in [0.1, 0.15) is 53.6 Å². The molecule has 1 saturated heterocycles. The lowest BCUT2D eigenvalue weighted by Crippen LogP contribution is -2.29. The molecule has 0 unspecified atom stereocenters. The summed E-state index contributed by atoms with van der Waals surface area (Å²) in [6.45, 7) is 4.94. The number of nitrogens with zero attached hydrogens (tertiary/aromatic N) is 1. The van der Waals surface area contributed by atoms with Crippen LogP contribution in [0.15, 0.2) is 48.5 Å². The molecule has 1 N–H and O–H groups in total. The van der Waals surface area contributed by atoms with Crippen LogP contribution in [-0.4, -0.2) is 37.0 Å². The summed E-state index contributed by atoms with van der Waals surface area (Å²) < 4.78 is 5.73. The lowest BCUT2D eigenvalue weighted by molar-refractivity contribution is 0.0954. The molecule has 2 aliphatic rings. The molecule has 0 aromatic heterocycles. The second-order valence-corrected chi connectivity index (χ2v) is 8.44. The molecule has 1 aliphatic carbocycles. The summed E-state index contributed by atoms with van der Waals surface area (Å²) in [7, 11) is 0. The predicted molar refractivity (Wildman–Crippen MR) is 116 cm³/mol. The smallest absolute Gasteiger partial charge is 0.251 e. The maximum Gasteiger partial charge on any atom is 0.251 e. The number of hydrogen-bond acceptors (Lipinski definition) is 3.